The van der Waals surface area contributed by atoms with Crippen molar-refractivity contribution in [2.75, 3.05) is 0 Å². The predicted molar refractivity (Wildman–Crippen MR) is 137 cm³/mol. The van der Waals surface area contributed by atoms with Gasteiger partial charge < -0.3 is 18.9 Å². The Bertz CT molecular complexity index is 1580. The molecule has 1 aliphatic rings. The molecule has 5 aromatic rings. The van der Waals surface area contributed by atoms with Gasteiger partial charge in [0.2, 0.25) is 0 Å². The van der Waals surface area contributed by atoms with Crippen LogP contribution in [0.25, 0.3) is 39.0 Å². The lowest BCUT2D eigenvalue weighted by molar-refractivity contribution is 0.0695. The number of aryl methyl sites for hydroxylation is 2. The molecule has 36 heavy (non-hydrogen) atoms. The summed E-state index contributed by atoms with van der Waals surface area (Å²) in [6.45, 7) is 3.81. The first kappa shape index (κ1) is 22.1. The fraction of sp³-hybridized carbons (Fsp3) is 0.207. The number of carboxylic acid groups (broad SMARTS) is 1. The van der Waals surface area contributed by atoms with E-state index >= 15 is 0 Å². The molecule has 1 N–H and O–H groups in total. The number of benzene rings is 2. The molecule has 1 fully saturated rings. The van der Waals surface area contributed by atoms with Gasteiger partial charge in [0.15, 0.2) is 0 Å². The quantitative estimate of drug-likeness (QED) is 0.295. The van der Waals surface area contributed by atoms with Crippen molar-refractivity contribution in [2.24, 2.45) is 0 Å². The predicted octanol–water partition coefficient (Wildman–Crippen LogP) is 6.59. The zero-order valence-corrected chi connectivity index (χ0v) is 20.1. The first-order chi connectivity index (χ1) is 17.5. The van der Waals surface area contributed by atoms with Crippen LogP contribution in [0.4, 0.5) is 0 Å². The topological polar surface area (TPSA) is 90.4 Å². The lowest BCUT2D eigenvalue weighted by Crippen LogP contribution is -2.24. The molecule has 0 atom stereocenters. The highest BCUT2D eigenvalue weighted by atomic mass is 16.5. The number of aromatic nitrogens is 3. The molecule has 0 spiro atoms. The second kappa shape index (κ2) is 8.68. The number of nitrogens with zero attached hydrogens (tertiary/aromatic N) is 3. The Morgan fingerprint density at radius 1 is 1.08 bits per heavy atom. The first-order valence-electron chi connectivity index (χ1n) is 12.0. The Kier molecular flexibility index (Phi) is 5.33. The van der Waals surface area contributed by atoms with Crippen LogP contribution in [-0.2, 0) is 0 Å². The Morgan fingerprint density at radius 2 is 1.89 bits per heavy atom. The van der Waals surface area contributed by atoms with Gasteiger partial charge in [0.05, 0.1) is 17.4 Å². The standard InChI is InChI=1S/C29H25N3O4/c1-17-27(18(2)36-31-17)20-13-24-25(16-32(28(24)30-15-20)21-7-4-3-5-8-21)23-12-11-19(29(33)34)14-26(23)35-22-9-6-10-22/h3-5,7-8,11-16,22H,6,9-10H2,1-2H3,(H,33,34). The number of pyridine rings is 1. The van der Waals surface area contributed by atoms with Gasteiger partial charge in [0, 0.05) is 45.7 Å². The van der Waals surface area contributed by atoms with Gasteiger partial charge in [0.25, 0.3) is 0 Å². The SMILES string of the molecule is Cc1noc(C)c1-c1cnc2c(c1)c(-c1ccc(C(=O)O)cc1OC1CCC1)cn2-c1ccccc1. The number of ether oxygens (including phenoxy) is 1. The molecule has 0 radical (unpaired) electrons. The number of carboxylic acids is 1. The minimum Gasteiger partial charge on any atom is -0.490 e. The van der Waals surface area contributed by atoms with Crippen molar-refractivity contribution in [1.29, 1.82) is 0 Å². The van der Waals surface area contributed by atoms with Crippen LogP contribution in [0.2, 0.25) is 0 Å². The second-order valence-corrected chi connectivity index (χ2v) is 9.23. The summed E-state index contributed by atoms with van der Waals surface area (Å²) in [4.78, 5) is 16.6. The molecule has 3 heterocycles. The summed E-state index contributed by atoms with van der Waals surface area (Å²) in [6, 6.07) is 17.2. The molecule has 1 aliphatic carbocycles. The minimum atomic E-state index is -0.978. The molecule has 1 saturated carbocycles. The highest BCUT2D eigenvalue weighted by Crippen LogP contribution is 2.41. The number of rotatable bonds is 6. The van der Waals surface area contributed by atoms with Crippen LogP contribution < -0.4 is 4.74 Å². The monoisotopic (exact) mass is 479 g/mol. The zero-order valence-electron chi connectivity index (χ0n) is 20.1. The van der Waals surface area contributed by atoms with E-state index in [4.69, 9.17) is 14.2 Å². The largest absolute Gasteiger partial charge is 0.490 e. The van der Waals surface area contributed by atoms with E-state index in [2.05, 4.69) is 15.8 Å². The van der Waals surface area contributed by atoms with Crippen molar-refractivity contribution in [1.82, 2.24) is 14.7 Å². The molecule has 0 bridgehead atoms. The third-order valence-corrected chi connectivity index (χ3v) is 6.86. The van der Waals surface area contributed by atoms with E-state index in [1.807, 2.05) is 62.6 Å². The summed E-state index contributed by atoms with van der Waals surface area (Å²) in [5, 5.41) is 14.6. The maximum absolute atomic E-state index is 11.7. The van der Waals surface area contributed by atoms with Crippen molar-refractivity contribution < 1.29 is 19.2 Å². The molecule has 6 rings (SSSR count). The molecule has 2 aromatic carbocycles. The summed E-state index contributed by atoms with van der Waals surface area (Å²) < 4.78 is 13.8. The van der Waals surface area contributed by atoms with Crippen LogP contribution in [-0.4, -0.2) is 31.9 Å². The van der Waals surface area contributed by atoms with Crippen molar-refractivity contribution in [3.63, 3.8) is 0 Å². The summed E-state index contributed by atoms with van der Waals surface area (Å²) in [6.07, 6.45) is 7.06. The number of para-hydroxylation sites is 1. The van der Waals surface area contributed by atoms with Gasteiger partial charge in [-0.1, -0.05) is 23.4 Å². The van der Waals surface area contributed by atoms with Crippen molar-refractivity contribution in [3.8, 4) is 33.7 Å². The molecule has 3 aromatic heterocycles. The molecule has 7 heteroatoms. The fourth-order valence-electron chi connectivity index (χ4n) is 4.78. The fourth-order valence-corrected chi connectivity index (χ4v) is 4.78. The molecule has 7 nitrogen and oxygen atoms in total. The Balaban J connectivity index is 1.60. The van der Waals surface area contributed by atoms with E-state index in [9.17, 15) is 9.90 Å². The van der Waals surface area contributed by atoms with Crippen LogP contribution in [0.5, 0.6) is 5.75 Å². The maximum Gasteiger partial charge on any atom is 0.335 e. The lowest BCUT2D eigenvalue weighted by Gasteiger charge is -2.27. The number of carbonyl (C=O) groups is 1. The Morgan fingerprint density at radius 3 is 2.56 bits per heavy atom. The third kappa shape index (κ3) is 3.73. The smallest absolute Gasteiger partial charge is 0.335 e. The van der Waals surface area contributed by atoms with Crippen molar-refractivity contribution >= 4 is 17.0 Å². The summed E-state index contributed by atoms with van der Waals surface area (Å²) in [5.41, 5.74) is 6.38. The van der Waals surface area contributed by atoms with Gasteiger partial charge in [-0.25, -0.2) is 9.78 Å². The number of hydrogen-bond acceptors (Lipinski definition) is 5. The summed E-state index contributed by atoms with van der Waals surface area (Å²) >= 11 is 0. The van der Waals surface area contributed by atoms with E-state index in [1.165, 1.54) is 0 Å². The van der Waals surface area contributed by atoms with Crippen LogP contribution in [0.1, 0.15) is 41.1 Å². The molecular formula is C29H25N3O4. The van der Waals surface area contributed by atoms with Crippen molar-refractivity contribution in [2.45, 2.75) is 39.2 Å². The van der Waals surface area contributed by atoms with E-state index < -0.39 is 5.97 Å². The van der Waals surface area contributed by atoms with E-state index in [0.717, 1.165) is 69.7 Å². The van der Waals surface area contributed by atoms with Gasteiger partial charge >= 0.3 is 5.97 Å². The average molecular weight is 480 g/mol. The number of hydrogen-bond donors (Lipinski definition) is 1. The number of aromatic carboxylic acids is 1. The molecule has 0 aliphatic heterocycles. The van der Waals surface area contributed by atoms with Crippen LogP contribution in [0.15, 0.2) is 71.5 Å². The third-order valence-electron chi connectivity index (χ3n) is 6.86. The van der Waals surface area contributed by atoms with Gasteiger partial charge in [-0.05, 0) is 69.5 Å². The van der Waals surface area contributed by atoms with Gasteiger partial charge in [0.1, 0.15) is 17.2 Å². The molecule has 0 saturated heterocycles. The van der Waals surface area contributed by atoms with Gasteiger partial charge in [-0.15, -0.1) is 0 Å². The van der Waals surface area contributed by atoms with Crippen LogP contribution >= 0.6 is 0 Å². The summed E-state index contributed by atoms with van der Waals surface area (Å²) in [7, 11) is 0. The molecule has 0 amide bonds. The highest BCUT2D eigenvalue weighted by molar-refractivity contribution is 6.00. The second-order valence-electron chi connectivity index (χ2n) is 9.23. The molecule has 0 unspecified atom stereocenters. The van der Waals surface area contributed by atoms with E-state index in [-0.39, 0.29) is 11.7 Å². The van der Waals surface area contributed by atoms with E-state index in [1.54, 1.807) is 12.1 Å². The van der Waals surface area contributed by atoms with Crippen molar-refractivity contribution in [3.05, 3.63) is 84.0 Å². The maximum atomic E-state index is 11.7. The molecular weight excluding hydrogens is 454 g/mol. The minimum absolute atomic E-state index is 0.103. The Labute approximate surface area is 208 Å². The summed E-state index contributed by atoms with van der Waals surface area (Å²) in [5.74, 6) is 0.334. The van der Waals surface area contributed by atoms with Crippen LogP contribution in [0.3, 0.4) is 0 Å². The van der Waals surface area contributed by atoms with E-state index in [0.29, 0.717) is 5.75 Å². The van der Waals surface area contributed by atoms with Gasteiger partial charge in [-0.3, -0.25) is 0 Å². The molecule has 180 valence electrons. The average Bonchev–Trinajstić information content (AvgIpc) is 3.40. The highest BCUT2D eigenvalue weighted by Gasteiger charge is 2.24. The zero-order chi connectivity index (χ0) is 24.8. The normalized spacial score (nSPS) is 13.6. The first-order valence-corrected chi connectivity index (χ1v) is 12.0. The number of fused-ring (bicyclic) bond motifs is 1. The van der Waals surface area contributed by atoms with Crippen LogP contribution in [0, 0.1) is 13.8 Å². The Hall–Kier alpha value is -4.39. The lowest BCUT2D eigenvalue weighted by atomic mass is 9.95. The van der Waals surface area contributed by atoms with Gasteiger partial charge in [-0.2, -0.15) is 0 Å².